The molecule has 0 aliphatic heterocycles. The third-order valence-electron chi connectivity index (χ3n) is 5.29. The number of hydrogen-bond acceptors (Lipinski definition) is 6. The number of alkyl halides is 3. The van der Waals surface area contributed by atoms with Crippen LogP contribution in [0, 0.1) is 24.2 Å². The zero-order valence-corrected chi connectivity index (χ0v) is 18.4. The summed E-state index contributed by atoms with van der Waals surface area (Å²) < 4.78 is 39.5. The number of anilines is 2. The monoisotopic (exact) mass is 456 g/mol. The molecule has 0 bridgehead atoms. The number of aromatic nitrogens is 4. The second-order valence-corrected chi connectivity index (χ2v) is 7.72. The average molecular weight is 456 g/mol. The van der Waals surface area contributed by atoms with E-state index in [-0.39, 0.29) is 24.1 Å². The third-order valence-corrected chi connectivity index (χ3v) is 5.29. The molecule has 0 radical (unpaired) electrons. The molecule has 2 heterocycles. The number of Topliss-reactive ketones (excluding diaryl/α,β-unsaturated/α-hetero) is 1. The van der Waals surface area contributed by atoms with Gasteiger partial charge in [-0.1, -0.05) is 31.2 Å². The van der Waals surface area contributed by atoms with Gasteiger partial charge in [0.2, 0.25) is 5.95 Å². The van der Waals surface area contributed by atoms with Gasteiger partial charge in [0.1, 0.15) is 6.04 Å². The van der Waals surface area contributed by atoms with Gasteiger partial charge in [-0.25, -0.2) is 9.97 Å². The Balaban J connectivity index is 1.78. The minimum Gasteiger partial charge on any atom is -0.321 e. The molecule has 0 saturated carbocycles. The lowest BCUT2D eigenvalue weighted by Gasteiger charge is -2.15. The Morgan fingerprint density at radius 1 is 1.24 bits per heavy atom. The van der Waals surface area contributed by atoms with Crippen molar-refractivity contribution in [2.45, 2.75) is 45.8 Å². The minimum absolute atomic E-state index is 0.0955. The first kappa shape index (κ1) is 23.9. The lowest BCUT2D eigenvalue weighted by atomic mass is 9.96. The van der Waals surface area contributed by atoms with E-state index in [0.29, 0.717) is 23.4 Å². The van der Waals surface area contributed by atoms with Crippen LogP contribution >= 0.6 is 0 Å². The molecule has 1 N–H and O–H groups in total. The number of ketones is 1. The average Bonchev–Trinajstić information content (AvgIpc) is 3.25. The van der Waals surface area contributed by atoms with Crippen LogP contribution in [0.15, 0.2) is 42.9 Å². The van der Waals surface area contributed by atoms with Crippen LogP contribution in [-0.2, 0) is 0 Å². The molecule has 0 fully saturated rings. The topological polar surface area (TPSA) is 96.5 Å². The van der Waals surface area contributed by atoms with Crippen molar-refractivity contribution in [3.05, 3.63) is 54.0 Å². The molecule has 7 nitrogen and oxygen atoms in total. The Morgan fingerprint density at radius 2 is 1.94 bits per heavy atom. The van der Waals surface area contributed by atoms with Crippen molar-refractivity contribution in [1.29, 1.82) is 5.26 Å². The zero-order chi connectivity index (χ0) is 24.2. The van der Waals surface area contributed by atoms with Crippen LogP contribution in [0.25, 0.3) is 11.3 Å². The Kier molecular flexibility index (Phi) is 7.11. The van der Waals surface area contributed by atoms with Crippen molar-refractivity contribution >= 4 is 17.4 Å². The third kappa shape index (κ3) is 5.74. The lowest BCUT2D eigenvalue weighted by Crippen LogP contribution is -2.23. The predicted octanol–water partition coefficient (Wildman–Crippen LogP) is 5.64. The highest BCUT2D eigenvalue weighted by Crippen LogP contribution is 2.30. The molecule has 33 heavy (non-hydrogen) atoms. The van der Waals surface area contributed by atoms with Gasteiger partial charge in [-0.05, 0) is 25.8 Å². The van der Waals surface area contributed by atoms with Crippen molar-refractivity contribution in [2.24, 2.45) is 5.92 Å². The fourth-order valence-corrected chi connectivity index (χ4v) is 3.12. The molecule has 172 valence electrons. The summed E-state index contributed by atoms with van der Waals surface area (Å²) in [5, 5.41) is 15.7. The maximum atomic E-state index is 12.9. The predicted molar refractivity (Wildman–Crippen MR) is 117 cm³/mol. The molecule has 0 unspecified atom stereocenters. The molecule has 3 rings (SSSR count). The van der Waals surface area contributed by atoms with E-state index < -0.39 is 12.2 Å². The van der Waals surface area contributed by atoms with Gasteiger partial charge in [-0.15, -0.1) is 0 Å². The van der Waals surface area contributed by atoms with Crippen LogP contribution in [0.3, 0.4) is 0 Å². The molecule has 10 heteroatoms. The number of carbonyl (C=O) groups excluding carboxylic acids is 1. The van der Waals surface area contributed by atoms with Gasteiger partial charge < -0.3 is 5.32 Å². The van der Waals surface area contributed by atoms with E-state index in [1.54, 1.807) is 30.5 Å². The standard InChI is InChI=1S/C23H23F3N6O/c1-4-16(10-27)9-20(33)17-5-7-18(8-6-17)21-14(2)11-28-22(31-21)30-19-12-29-32(13-19)15(3)23(24,25)26/h5-8,11-13,15-16H,4,9H2,1-3H3,(H,28,30,31)/t15-,16+/m0/s1. The number of carbonyl (C=O) groups is 1. The summed E-state index contributed by atoms with van der Waals surface area (Å²) in [7, 11) is 0. The van der Waals surface area contributed by atoms with E-state index in [9.17, 15) is 18.0 Å². The van der Waals surface area contributed by atoms with Gasteiger partial charge >= 0.3 is 6.18 Å². The van der Waals surface area contributed by atoms with Crippen molar-refractivity contribution < 1.29 is 18.0 Å². The second-order valence-electron chi connectivity index (χ2n) is 7.72. The van der Waals surface area contributed by atoms with Gasteiger partial charge in [0.05, 0.1) is 29.6 Å². The Bertz CT molecular complexity index is 1160. The summed E-state index contributed by atoms with van der Waals surface area (Å²) in [6.45, 7) is 4.73. The smallest absolute Gasteiger partial charge is 0.321 e. The first-order valence-electron chi connectivity index (χ1n) is 10.4. The van der Waals surface area contributed by atoms with E-state index in [0.717, 1.165) is 22.7 Å². The van der Waals surface area contributed by atoms with Gasteiger partial charge in [0.25, 0.3) is 0 Å². The summed E-state index contributed by atoms with van der Waals surface area (Å²) >= 11 is 0. The summed E-state index contributed by atoms with van der Waals surface area (Å²) in [5.41, 5.74) is 3.00. The van der Waals surface area contributed by atoms with Crippen LogP contribution in [0.2, 0.25) is 0 Å². The number of nitrogens with zero attached hydrogens (tertiary/aromatic N) is 5. The number of benzene rings is 1. The van der Waals surface area contributed by atoms with Gasteiger partial charge in [-0.3, -0.25) is 9.48 Å². The van der Waals surface area contributed by atoms with Gasteiger partial charge in [-0.2, -0.15) is 23.5 Å². The highest BCUT2D eigenvalue weighted by Gasteiger charge is 2.38. The van der Waals surface area contributed by atoms with E-state index in [4.69, 9.17) is 5.26 Å². The van der Waals surface area contributed by atoms with Crippen LogP contribution in [-0.4, -0.2) is 31.7 Å². The first-order chi connectivity index (χ1) is 15.6. The van der Waals surface area contributed by atoms with Crippen LogP contribution in [0.1, 0.15) is 48.7 Å². The number of aryl methyl sites for hydroxylation is 1. The maximum Gasteiger partial charge on any atom is 0.410 e. The molecule has 0 aliphatic rings. The number of halogens is 3. The quantitative estimate of drug-likeness (QED) is 0.441. The van der Waals surface area contributed by atoms with Crippen LogP contribution in [0.5, 0.6) is 0 Å². The highest BCUT2D eigenvalue weighted by molar-refractivity contribution is 5.96. The summed E-state index contributed by atoms with van der Waals surface area (Å²) in [4.78, 5) is 21.1. The summed E-state index contributed by atoms with van der Waals surface area (Å²) in [6, 6.07) is 7.29. The summed E-state index contributed by atoms with van der Waals surface area (Å²) in [5.74, 6) is -0.199. The van der Waals surface area contributed by atoms with Crippen molar-refractivity contribution in [1.82, 2.24) is 19.7 Å². The molecule has 1 aromatic carbocycles. The number of rotatable bonds is 8. The minimum atomic E-state index is -4.41. The van der Waals surface area contributed by atoms with Crippen molar-refractivity contribution in [3.8, 4) is 17.3 Å². The molecule has 2 atom stereocenters. The Labute approximate surface area is 189 Å². The van der Waals surface area contributed by atoms with Crippen molar-refractivity contribution in [2.75, 3.05) is 5.32 Å². The SMILES string of the molecule is CC[C@@H](C#N)CC(=O)c1ccc(-c2nc(Nc3cnn([C@@H](C)C(F)(F)F)c3)ncc2C)cc1. The fraction of sp³-hybridized carbons (Fsp3) is 0.348. The molecule has 0 spiro atoms. The fourth-order valence-electron chi connectivity index (χ4n) is 3.12. The van der Waals surface area contributed by atoms with E-state index in [2.05, 4.69) is 26.5 Å². The Morgan fingerprint density at radius 3 is 2.55 bits per heavy atom. The molecule has 0 amide bonds. The van der Waals surface area contributed by atoms with E-state index in [1.165, 1.54) is 12.4 Å². The zero-order valence-electron chi connectivity index (χ0n) is 18.4. The number of nitrogens with one attached hydrogen (secondary N) is 1. The number of hydrogen-bond donors (Lipinski definition) is 1. The molecule has 3 aromatic rings. The molecular weight excluding hydrogens is 433 g/mol. The molecule has 0 aliphatic carbocycles. The molecular formula is C23H23F3N6O. The van der Waals surface area contributed by atoms with Crippen molar-refractivity contribution in [3.63, 3.8) is 0 Å². The first-order valence-corrected chi connectivity index (χ1v) is 10.4. The largest absolute Gasteiger partial charge is 0.410 e. The van der Waals surface area contributed by atoms with E-state index in [1.807, 2.05) is 13.8 Å². The van der Waals surface area contributed by atoms with E-state index >= 15 is 0 Å². The molecule has 2 aromatic heterocycles. The summed E-state index contributed by atoms with van der Waals surface area (Å²) in [6.07, 6.45) is 0.502. The van der Waals surface area contributed by atoms with Crippen LogP contribution < -0.4 is 5.32 Å². The van der Waals surface area contributed by atoms with Gasteiger partial charge in [0, 0.05) is 29.9 Å². The Hall–Kier alpha value is -3.74. The van der Waals surface area contributed by atoms with Gasteiger partial charge in [0.15, 0.2) is 5.78 Å². The second kappa shape index (κ2) is 9.81. The highest BCUT2D eigenvalue weighted by atomic mass is 19.4. The maximum absolute atomic E-state index is 12.9. The number of nitriles is 1. The molecule has 0 saturated heterocycles. The normalized spacial score (nSPS) is 13.2. The van der Waals surface area contributed by atoms with Crippen LogP contribution in [0.4, 0.5) is 24.8 Å². The lowest BCUT2D eigenvalue weighted by molar-refractivity contribution is -0.165.